The Balaban J connectivity index is 2.40. The summed E-state index contributed by atoms with van der Waals surface area (Å²) in [5.41, 5.74) is 2.30. The fourth-order valence-electron chi connectivity index (χ4n) is 1.66. The zero-order valence-corrected chi connectivity index (χ0v) is 8.99. The number of amides is 2. The first kappa shape index (κ1) is 10.4. The highest BCUT2D eigenvalue weighted by Crippen LogP contribution is 2.23. The van der Waals surface area contributed by atoms with Crippen molar-refractivity contribution >= 4 is 17.5 Å². The van der Waals surface area contributed by atoms with Crippen LogP contribution in [-0.4, -0.2) is 23.8 Å². The lowest BCUT2D eigenvalue weighted by Crippen LogP contribution is -2.35. The van der Waals surface area contributed by atoms with E-state index in [1.165, 1.54) is 6.08 Å². The normalized spacial score (nSPS) is 14.1. The molecule has 1 N–H and O–H groups in total. The average Bonchev–Trinajstić information content (AvgIpc) is 2.29. The van der Waals surface area contributed by atoms with Crippen LogP contribution >= 0.6 is 0 Å². The maximum Gasteiger partial charge on any atom is 0.321 e. The van der Waals surface area contributed by atoms with Crippen molar-refractivity contribution in [3.8, 4) is 0 Å². The maximum atomic E-state index is 11.4. The van der Waals surface area contributed by atoms with Gasteiger partial charge >= 0.3 is 6.03 Å². The second kappa shape index (κ2) is 3.81. The Kier molecular flexibility index (Phi) is 2.48. The Morgan fingerprint density at radius 3 is 3.00 bits per heavy atom. The van der Waals surface area contributed by atoms with E-state index in [-0.39, 0.29) is 11.8 Å². The van der Waals surface area contributed by atoms with Crippen LogP contribution in [0.5, 0.6) is 0 Å². The van der Waals surface area contributed by atoms with Crippen LogP contribution in [0.2, 0.25) is 0 Å². The van der Waals surface area contributed by atoms with E-state index < -0.39 is 0 Å². The van der Waals surface area contributed by atoms with Gasteiger partial charge < -0.3 is 10.2 Å². The van der Waals surface area contributed by atoms with Crippen molar-refractivity contribution in [3.63, 3.8) is 0 Å². The Labute approximate surface area is 93.6 Å². The second-order valence-electron chi connectivity index (χ2n) is 3.73. The van der Waals surface area contributed by atoms with Crippen LogP contribution < -0.4 is 5.32 Å². The highest BCUT2D eigenvalue weighted by atomic mass is 16.2. The van der Waals surface area contributed by atoms with Crippen LogP contribution in [0.3, 0.4) is 0 Å². The molecule has 1 aromatic rings. The first-order chi connectivity index (χ1) is 7.61. The number of carbonyl (C=O) groups excluding carboxylic acids is 2. The fourth-order valence-corrected chi connectivity index (χ4v) is 1.66. The molecule has 0 saturated carbocycles. The Morgan fingerprint density at radius 1 is 1.56 bits per heavy atom. The molecule has 0 saturated heterocycles. The van der Waals surface area contributed by atoms with E-state index in [2.05, 4.69) is 11.9 Å². The summed E-state index contributed by atoms with van der Waals surface area (Å²) in [4.78, 5) is 24.3. The third-order valence-corrected chi connectivity index (χ3v) is 2.57. The first-order valence-electron chi connectivity index (χ1n) is 4.93. The molecule has 16 heavy (non-hydrogen) atoms. The molecule has 0 aromatic heterocycles. The van der Waals surface area contributed by atoms with Gasteiger partial charge in [-0.05, 0) is 29.8 Å². The molecule has 1 aliphatic rings. The van der Waals surface area contributed by atoms with Crippen LogP contribution in [0.4, 0.5) is 10.5 Å². The van der Waals surface area contributed by atoms with Gasteiger partial charge in [-0.1, -0.05) is 6.58 Å². The average molecular weight is 216 g/mol. The number of carbonyl (C=O) groups is 2. The lowest BCUT2D eigenvalue weighted by atomic mass is 10.0. The number of rotatable bonds is 2. The number of hydrogen-bond acceptors (Lipinski definition) is 2. The lowest BCUT2D eigenvalue weighted by molar-refractivity contribution is 0.104. The Morgan fingerprint density at radius 2 is 2.31 bits per heavy atom. The zero-order valence-electron chi connectivity index (χ0n) is 8.99. The summed E-state index contributed by atoms with van der Waals surface area (Å²) in [6.07, 6.45) is 1.28. The predicted octanol–water partition coefficient (Wildman–Crippen LogP) is 2.03. The van der Waals surface area contributed by atoms with E-state index in [4.69, 9.17) is 0 Å². The lowest BCUT2D eigenvalue weighted by Gasteiger charge is -2.26. The molecule has 4 heteroatoms. The molecule has 0 unspecified atom stereocenters. The first-order valence-corrected chi connectivity index (χ1v) is 4.93. The smallest absolute Gasteiger partial charge is 0.321 e. The summed E-state index contributed by atoms with van der Waals surface area (Å²) < 4.78 is 0. The van der Waals surface area contributed by atoms with E-state index in [9.17, 15) is 9.59 Å². The quantitative estimate of drug-likeness (QED) is 0.607. The number of ketones is 1. The van der Waals surface area contributed by atoms with Crippen molar-refractivity contribution in [2.75, 3.05) is 12.4 Å². The van der Waals surface area contributed by atoms with Crippen LogP contribution in [0.1, 0.15) is 15.9 Å². The number of anilines is 1. The van der Waals surface area contributed by atoms with E-state index in [0.717, 1.165) is 11.3 Å². The minimum Gasteiger partial charge on any atom is -0.323 e. The van der Waals surface area contributed by atoms with Crippen molar-refractivity contribution in [1.29, 1.82) is 0 Å². The second-order valence-corrected chi connectivity index (χ2v) is 3.73. The fraction of sp³-hybridized carbons (Fsp3) is 0.167. The van der Waals surface area contributed by atoms with E-state index >= 15 is 0 Å². The van der Waals surface area contributed by atoms with E-state index in [0.29, 0.717) is 12.1 Å². The SMILES string of the molecule is C=CC(=O)c1ccc2c(c1)CN(C)C(=O)N2. The molecule has 0 aliphatic carbocycles. The van der Waals surface area contributed by atoms with Gasteiger partial charge in [-0.25, -0.2) is 4.79 Å². The third kappa shape index (κ3) is 1.69. The molecular weight excluding hydrogens is 204 g/mol. The standard InChI is InChI=1S/C12H12N2O2/c1-3-11(15)8-4-5-10-9(6-8)7-14(2)12(16)13-10/h3-6H,1,7H2,2H3,(H,13,16). The predicted molar refractivity (Wildman–Crippen MR) is 61.5 cm³/mol. The topological polar surface area (TPSA) is 49.4 Å². The Hall–Kier alpha value is -2.10. The molecule has 0 bridgehead atoms. The molecule has 0 fully saturated rings. The maximum absolute atomic E-state index is 11.4. The largest absolute Gasteiger partial charge is 0.323 e. The summed E-state index contributed by atoms with van der Waals surface area (Å²) in [6.45, 7) is 3.96. The molecule has 0 spiro atoms. The molecule has 4 nitrogen and oxygen atoms in total. The van der Waals surface area contributed by atoms with Crippen molar-refractivity contribution in [3.05, 3.63) is 42.0 Å². The van der Waals surface area contributed by atoms with Crippen molar-refractivity contribution < 1.29 is 9.59 Å². The van der Waals surface area contributed by atoms with Crippen LogP contribution in [-0.2, 0) is 6.54 Å². The molecule has 2 amide bonds. The summed E-state index contributed by atoms with van der Waals surface area (Å²) in [5, 5.41) is 2.74. The highest BCUT2D eigenvalue weighted by Gasteiger charge is 2.19. The van der Waals surface area contributed by atoms with Crippen LogP contribution in [0.15, 0.2) is 30.9 Å². The van der Waals surface area contributed by atoms with Gasteiger partial charge in [0.05, 0.1) is 0 Å². The molecule has 0 atom stereocenters. The number of hydrogen-bond donors (Lipinski definition) is 1. The molecule has 1 aliphatic heterocycles. The monoisotopic (exact) mass is 216 g/mol. The summed E-state index contributed by atoms with van der Waals surface area (Å²) in [5.74, 6) is -0.109. The minimum absolute atomic E-state index is 0.109. The molecule has 2 rings (SSSR count). The molecule has 1 heterocycles. The number of benzene rings is 1. The highest BCUT2D eigenvalue weighted by molar-refractivity contribution is 6.05. The van der Waals surface area contributed by atoms with Gasteiger partial charge in [0.2, 0.25) is 0 Å². The number of fused-ring (bicyclic) bond motifs is 1. The zero-order chi connectivity index (χ0) is 11.7. The molecular formula is C12H12N2O2. The molecule has 0 radical (unpaired) electrons. The van der Waals surface area contributed by atoms with Gasteiger partial charge in [0.25, 0.3) is 0 Å². The van der Waals surface area contributed by atoms with Crippen molar-refractivity contribution in [2.24, 2.45) is 0 Å². The minimum atomic E-state index is -0.129. The summed E-state index contributed by atoms with van der Waals surface area (Å²) in [7, 11) is 1.71. The summed E-state index contributed by atoms with van der Waals surface area (Å²) >= 11 is 0. The molecule has 82 valence electrons. The number of nitrogens with one attached hydrogen (secondary N) is 1. The van der Waals surface area contributed by atoms with Crippen LogP contribution in [0, 0.1) is 0 Å². The van der Waals surface area contributed by atoms with Crippen molar-refractivity contribution in [2.45, 2.75) is 6.54 Å². The summed E-state index contributed by atoms with van der Waals surface area (Å²) in [6, 6.07) is 5.09. The molecule has 1 aromatic carbocycles. The van der Waals surface area contributed by atoms with Crippen molar-refractivity contribution in [1.82, 2.24) is 4.90 Å². The third-order valence-electron chi connectivity index (χ3n) is 2.57. The Bertz CT molecular complexity index is 480. The van der Waals surface area contributed by atoms with Gasteiger partial charge in [0.15, 0.2) is 5.78 Å². The van der Waals surface area contributed by atoms with Gasteiger partial charge in [-0.2, -0.15) is 0 Å². The van der Waals surface area contributed by atoms with Gasteiger partial charge in [0, 0.05) is 24.8 Å². The van der Waals surface area contributed by atoms with Gasteiger partial charge in [0.1, 0.15) is 0 Å². The van der Waals surface area contributed by atoms with Gasteiger partial charge in [-0.15, -0.1) is 0 Å². The van der Waals surface area contributed by atoms with Crippen LogP contribution in [0.25, 0.3) is 0 Å². The number of nitrogens with zero attached hydrogens (tertiary/aromatic N) is 1. The number of urea groups is 1. The van der Waals surface area contributed by atoms with E-state index in [1.54, 1.807) is 30.1 Å². The number of allylic oxidation sites excluding steroid dienone is 1. The van der Waals surface area contributed by atoms with Gasteiger partial charge in [-0.3, -0.25) is 4.79 Å². The van der Waals surface area contributed by atoms with E-state index in [1.807, 2.05) is 0 Å².